The molecule has 0 bridgehead atoms. The van der Waals surface area contributed by atoms with E-state index in [0.717, 1.165) is 69.6 Å². The van der Waals surface area contributed by atoms with Crippen LogP contribution in [0, 0.1) is 12.8 Å². The van der Waals surface area contributed by atoms with Gasteiger partial charge in [-0.05, 0) is 58.5 Å². The van der Waals surface area contributed by atoms with Crippen molar-refractivity contribution >= 4 is 47.4 Å². The predicted octanol–water partition coefficient (Wildman–Crippen LogP) is 3.07. The summed E-state index contributed by atoms with van der Waals surface area (Å²) < 4.78 is 4.82. The molecule has 1 aromatic heterocycles. The zero-order chi connectivity index (χ0) is 21.3. The van der Waals surface area contributed by atoms with Gasteiger partial charge in [-0.15, -0.1) is 35.3 Å². The van der Waals surface area contributed by atoms with Crippen LogP contribution in [0.15, 0.2) is 10.4 Å². The largest absolute Gasteiger partial charge is 0.453 e. The number of carbonyl (C=O) groups excluding carboxylic acids is 1. The highest BCUT2D eigenvalue weighted by Gasteiger charge is 2.24. The Hall–Kier alpha value is -1.14. The molecule has 8 nitrogen and oxygen atoms in total. The SMILES string of the molecule is CCNC(=NCC1CCN(Cc2csc(C)n2)CC1)NC1CCN(C(=O)OC)CC1.I. The van der Waals surface area contributed by atoms with Crippen molar-refractivity contribution in [2.75, 3.05) is 46.4 Å². The van der Waals surface area contributed by atoms with E-state index in [1.54, 1.807) is 16.2 Å². The first-order valence-electron chi connectivity index (χ1n) is 11.1. The molecule has 2 saturated heterocycles. The molecule has 3 heterocycles. The van der Waals surface area contributed by atoms with Gasteiger partial charge in [0.15, 0.2) is 5.96 Å². The molecule has 1 amide bonds. The first kappa shape index (κ1) is 26.1. The van der Waals surface area contributed by atoms with E-state index in [4.69, 9.17) is 9.73 Å². The number of hydrogen-bond acceptors (Lipinski definition) is 6. The number of nitrogens with zero attached hydrogens (tertiary/aromatic N) is 4. The molecule has 1 aromatic rings. The highest BCUT2D eigenvalue weighted by atomic mass is 127. The van der Waals surface area contributed by atoms with Crippen molar-refractivity contribution in [1.82, 2.24) is 25.4 Å². The van der Waals surface area contributed by atoms with Crippen LogP contribution < -0.4 is 10.6 Å². The number of halogens is 1. The third-order valence-corrected chi connectivity index (χ3v) is 6.70. The van der Waals surface area contributed by atoms with Crippen LogP contribution in [0.25, 0.3) is 0 Å². The summed E-state index contributed by atoms with van der Waals surface area (Å²) in [5.74, 6) is 1.53. The molecule has 0 spiro atoms. The summed E-state index contributed by atoms with van der Waals surface area (Å²) in [5, 5.41) is 10.3. The number of amides is 1. The summed E-state index contributed by atoms with van der Waals surface area (Å²) in [6.45, 7) is 10.5. The lowest BCUT2D eigenvalue weighted by Gasteiger charge is -2.32. The van der Waals surface area contributed by atoms with E-state index in [-0.39, 0.29) is 30.1 Å². The van der Waals surface area contributed by atoms with Gasteiger partial charge in [0, 0.05) is 44.1 Å². The molecule has 176 valence electrons. The summed E-state index contributed by atoms with van der Waals surface area (Å²) in [7, 11) is 1.44. The number of nitrogens with one attached hydrogen (secondary N) is 2. The molecule has 3 rings (SSSR count). The van der Waals surface area contributed by atoms with Crippen molar-refractivity contribution in [2.24, 2.45) is 10.9 Å². The Balaban J connectivity index is 0.00000341. The second kappa shape index (κ2) is 13.4. The number of guanidine groups is 1. The molecule has 0 aliphatic carbocycles. The van der Waals surface area contributed by atoms with E-state index in [1.807, 2.05) is 0 Å². The van der Waals surface area contributed by atoms with E-state index in [0.29, 0.717) is 12.0 Å². The Bertz CT molecular complexity index is 700. The van der Waals surface area contributed by atoms with Crippen LogP contribution >= 0.6 is 35.3 Å². The minimum absolute atomic E-state index is 0. The lowest BCUT2D eigenvalue weighted by Crippen LogP contribution is -2.50. The molecule has 0 unspecified atom stereocenters. The van der Waals surface area contributed by atoms with Crippen LogP contribution in [-0.2, 0) is 11.3 Å². The van der Waals surface area contributed by atoms with E-state index in [9.17, 15) is 4.79 Å². The zero-order valence-electron chi connectivity index (χ0n) is 18.9. The number of ether oxygens (including phenoxy) is 1. The standard InChI is InChI=1S/C21H36N6O2S.HI/c1-4-22-20(25-18-7-11-27(12-8-18)21(28)29-3)23-13-17-5-9-26(10-6-17)14-19-15-30-16(2)24-19;/h15,17-18H,4-14H2,1-3H3,(H2,22,23,25);1H. The lowest BCUT2D eigenvalue weighted by molar-refractivity contribution is 0.111. The smallest absolute Gasteiger partial charge is 0.409 e. The van der Waals surface area contributed by atoms with E-state index in [1.165, 1.54) is 25.6 Å². The Morgan fingerprint density at radius 1 is 1.26 bits per heavy atom. The normalized spacial score (nSPS) is 19.1. The van der Waals surface area contributed by atoms with E-state index >= 15 is 0 Å². The number of rotatable bonds is 6. The number of hydrogen-bond donors (Lipinski definition) is 2. The summed E-state index contributed by atoms with van der Waals surface area (Å²) in [5.41, 5.74) is 1.20. The maximum Gasteiger partial charge on any atom is 0.409 e. The molecule has 2 aliphatic rings. The predicted molar refractivity (Wildman–Crippen MR) is 136 cm³/mol. The van der Waals surface area contributed by atoms with Crippen molar-refractivity contribution < 1.29 is 9.53 Å². The number of aliphatic imine (C=N–C) groups is 1. The molecular weight excluding hydrogens is 527 g/mol. The maximum absolute atomic E-state index is 11.6. The molecule has 0 atom stereocenters. The van der Waals surface area contributed by atoms with Gasteiger partial charge in [-0.1, -0.05) is 0 Å². The number of carbonyl (C=O) groups is 1. The van der Waals surface area contributed by atoms with Crippen molar-refractivity contribution in [2.45, 2.75) is 52.1 Å². The number of aromatic nitrogens is 1. The van der Waals surface area contributed by atoms with Gasteiger partial charge in [-0.25, -0.2) is 9.78 Å². The molecule has 2 N–H and O–H groups in total. The van der Waals surface area contributed by atoms with E-state index < -0.39 is 0 Å². The topological polar surface area (TPSA) is 82.1 Å². The molecule has 0 radical (unpaired) electrons. The third kappa shape index (κ3) is 8.38. The molecule has 0 saturated carbocycles. The fraction of sp³-hybridized carbons (Fsp3) is 0.762. The highest BCUT2D eigenvalue weighted by Crippen LogP contribution is 2.20. The number of thiazole rings is 1. The fourth-order valence-corrected chi connectivity index (χ4v) is 4.71. The van der Waals surface area contributed by atoms with Gasteiger partial charge >= 0.3 is 6.09 Å². The van der Waals surface area contributed by atoms with Crippen molar-refractivity contribution in [3.63, 3.8) is 0 Å². The molecule has 2 fully saturated rings. The van der Waals surface area contributed by atoms with Gasteiger partial charge in [0.25, 0.3) is 0 Å². The van der Waals surface area contributed by atoms with Crippen LogP contribution in [0.4, 0.5) is 4.79 Å². The van der Waals surface area contributed by atoms with Crippen LogP contribution in [0.5, 0.6) is 0 Å². The highest BCUT2D eigenvalue weighted by molar-refractivity contribution is 14.0. The van der Waals surface area contributed by atoms with Crippen molar-refractivity contribution in [3.8, 4) is 0 Å². The zero-order valence-corrected chi connectivity index (χ0v) is 22.1. The number of likely N-dealkylation sites (tertiary alicyclic amines) is 2. The van der Waals surface area contributed by atoms with Gasteiger partial charge in [0.2, 0.25) is 0 Å². The Kier molecular flexibility index (Phi) is 11.3. The first-order chi connectivity index (χ1) is 14.6. The van der Waals surface area contributed by atoms with Gasteiger partial charge in [0.1, 0.15) is 0 Å². The van der Waals surface area contributed by atoms with Gasteiger partial charge in [-0.2, -0.15) is 0 Å². The van der Waals surface area contributed by atoms with Crippen LogP contribution in [0.1, 0.15) is 43.3 Å². The van der Waals surface area contributed by atoms with Crippen LogP contribution in [0.2, 0.25) is 0 Å². The van der Waals surface area contributed by atoms with Gasteiger partial charge < -0.3 is 20.3 Å². The summed E-state index contributed by atoms with van der Waals surface area (Å²) in [4.78, 5) is 25.4. The molecule has 2 aliphatic heterocycles. The summed E-state index contributed by atoms with van der Waals surface area (Å²) >= 11 is 1.73. The monoisotopic (exact) mass is 564 g/mol. The Morgan fingerprint density at radius 2 is 1.97 bits per heavy atom. The Labute approximate surface area is 207 Å². The molecular formula is C21H37IN6O2S. The van der Waals surface area contributed by atoms with Crippen LogP contribution in [0.3, 0.4) is 0 Å². The van der Waals surface area contributed by atoms with Crippen molar-refractivity contribution in [3.05, 3.63) is 16.1 Å². The minimum Gasteiger partial charge on any atom is -0.453 e. The minimum atomic E-state index is -0.231. The summed E-state index contributed by atoms with van der Waals surface area (Å²) in [6, 6.07) is 0.340. The Morgan fingerprint density at radius 3 is 2.55 bits per heavy atom. The number of piperidine rings is 2. The molecule has 10 heteroatoms. The van der Waals surface area contributed by atoms with Crippen LogP contribution in [-0.4, -0.2) is 79.3 Å². The third-order valence-electron chi connectivity index (χ3n) is 5.88. The molecule has 31 heavy (non-hydrogen) atoms. The van der Waals surface area contributed by atoms with Gasteiger partial charge in [-0.3, -0.25) is 9.89 Å². The number of methoxy groups -OCH3 is 1. The second-order valence-corrected chi connectivity index (χ2v) is 9.23. The second-order valence-electron chi connectivity index (χ2n) is 8.17. The quantitative estimate of drug-likeness (QED) is 0.314. The fourth-order valence-electron chi connectivity index (χ4n) is 4.11. The van der Waals surface area contributed by atoms with Gasteiger partial charge in [0.05, 0.1) is 17.8 Å². The van der Waals surface area contributed by atoms with Crippen molar-refractivity contribution in [1.29, 1.82) is 0 Å². The van der Waals surface area contributed by atoms with E-state index in [2.05, 4.69) is 39.7 Å². The first-order valence-corrected chi connectivity index (χ1v) is 12.0. The molecule has 0 aromatic carbocycles. The lowest BCUT2D eigenvalue weighted by atomic mass is 9.97. The average molecular weight is 565 g/mol. The average Bonchev–Trinajstić information content (AvgIpc) is 3.17. The summed E-state index contributed by atoms with van der Waals surface area (Å²) in [6.07, 6.45) is 3.96. The maximum atomic E-state index is 11.6. The number of aryl methyl sites for hydroxylation is 1.